The third-order valence-corrected chi connectivity index (χ3v) is 3.37. The molecule has 0 saturated heterocycles. The van der Waals surface area contributed by atoms with Crippen LogP contribution in [0.2, 0.25) is 0 Å². The lowest BCUT2D eigenvalue weighted by Gasteiger charge is -2.08. The standard InChI is InChI=1S/C15H12BrN3/c16-12-3-1-11-8-13(4-2-10(11)7-12)19-14-5-6-18-15(17)9-14/h1-9H,(H3,17,18,19). The minimum absolute atomic E-state index is 0.509. The van der Waals surface area contributed by atoms with Crippen molar-refractivity contribution in [2.45, 2.75) is 0 Å². The Bertz CT molecular complexity index is 740. The van der Waals surface area contributed by atoms with E-state index in [0.717, 1.165) is 15.8 Å². The molecule has 3 rings (SSSR count). The van der Waals surface area contributed by atoms with Crippen molar-refractivity contribution in [3.8, 4) is 0 Å². The molecule has 4 heteroatoms. The second-order valence-electron chi connectivity index (χ2n) is 4.30. The van der Waals surface area contributed by atoms with E-state index >= 15 is 0 Å². The number of nitrogens with zero attached hydrogens (tertiary/aromatic N) is 1. The molecule has 0 radical (unpaired) electrons. The van der Waals surface area contributed by atoms with Gasteiger partial charge in [-0.2, -0.15) is 0 Å². The fraction of sp³-hybridized carbons (Fsp3) is 0. The van der Waals surface area contributed by atoms with Crippen LogP contribution in [-0.4, -0.2) is 4.98 Å². The van der Waals surface area contributed by atoms with E-state index in [2.05, 4.69) is 50.5 Å². The van der Waals surface area contributed by atoms with Gasteiger partial charge in [0.05, 0.1) is 0 Å². The van der Waals surface area contributed by atoms with Crippen LogP contribution in [0.25, 0.3) is 10.8 Å². The maximum atomic E-state index is 5.66. The third-order valence-electron chi connectivity index (χ3n) is 2.87. The first-order valence-corrected chi connectivity index (χ1v) is 6.68. The van der Waals surface area contributed by atoms with E-state index in [1.807, 2.05) is 24.3 Å². The van der Waals surface area contributed by atoms with Gasteiger partial charge in [-0.25, -0.2) is 4.98 Å². The highest BCUT2D eigenvalue weighted by Crippen LogP contribution is 2.25. The third kappa shape index (κ3) is 2.69. The van der Waals surface area contributed by atoms with Crippen LogP contribution in [0.3, 0.4) is 0 Å². The predicted molar refractivity (Wildman–Crippen MR) is 83.6 cm³/mol. The lowest BCUT2D eigenvalue weighted by Crippen LogP contribution is -1.94. The largest absolute Gasteiger partial charge is 0.384 e. The maximum Gasteiger partial charge on any atom is 0.125 e. The Morgan fingerprint density at radius 1 is 0.895 bits per heavy atom. The zero-order valence-electron chi connectivity index (χ0n) is 10.1. The van der Waals surface area contributed by atoms with Gasteiger partial charge in [-0.15, -0.1) is 0 Å². The molecule has 3 aromatic rings. The Morgan fingerprint density at radius 2 is 1.63 bits per heavy atom. The number of nitrogen functional groups attached to an aromatic ring is 1. The summed E-state index contributed by atoms with van der Waals surface area (Å²) in [6, 6.07) is 16.2. The molecular formula is C15H12BrN3. The van der Waals surface area contributed by atoms with Crippen LogP contribution in [0.5, 0.6) is 0 Å². The normalized spacial score (nSPS) is 10.6. The Morgan fingerprint density at radius 3 is 2.47 bits per heavy atom. The summed E-state index contributed by atoms with van der Waals surface area (Å²) in [5.41, 5.74) is 7.63. The number of nitrogens with one attached hydrogen (secondary N) is 1. The maximum absolute atomic E-state index is 5.66. The van der Waals surface area contributed by atoms with Gasteiger partial charge in [0.1, 0.15) is 5.82 Å². The molecule has 0 spiro atoms. The van der Waals surface area contributed by atoms with E-state index in [1.165, 1.54) is 10.8 Å². The molecule has 0 aliphatic rings. The van der Waals surface area contributed by atoms with Gasteiger partial charge in [0.2, 0.25) is 0 Å². The highest BCUT2D eigenvalue weighted by molar-refractivity contribution is 9.10. The molecule has 0 atom stereocenters. The lowest BCUT2D eigenvalue weighted by atomic mass is 10.1. The van der Waals surface area contributed by atoms with Crippen LogP contribution in [0.1, 0.15) is 0 Å². The molecule has 1 aromatic heterocycles. The molecule has 94 valence electrons. The number of hydrogen-bond donors (Lipinski definition) is 2. The number of nitrogens with two attached hydrogens (primary N) is 1. The van der Waals surface area contributed by atoms with Gasteiger partial charge in [0.15, 0.2) is 0 Å². The van der Waals surface area contributed by atoms with Crippen LogP contribution < -0.4 is 11.1 Å². The molecule has 0 aliphatic carbocycles. The van der Waals surface area contributed by atoms with Gasteiger partial charge in [-0.3, -0.25) is 0 Å². The molecule has 0 fully saturated rings. The molecule has 0 aliphatic heterocycles. The summed E-state index contributed by atoms with van der Waals surface area (Å²) in [5.74, 6) is 0.509. The van der Waals surface area contributed by atoms with Crippen molar-refractivity contribution in [3.05, 3.63) is 59.2 Å². The lowest BCUT2D eigenvalue weighted by molar-refractivity contribution is 1.33. The van der Waals surface area contributed by atoms with E-state index in [1.54, 1.807) is 6.20 Å². The Kier molecular flexibility index (Phi) is 3.09. The Balaban J connectivity index is 1.95. The fourth-order valence-electron chi connectivity index (χ4n) is 1.99. The van der Waals surface area contributed by atoms with E-state index in [0.29, 0.717) is 5.82 Å². The Hall–Kier alpha value is -2.07. The highest BCUT2D eigenvalue weighted by atomic mass is 79.9. The van der Waals surface area contributed by atoms with E-state index in [4.69, 9.17) is 5.73 Å². The van der Waals surface area contributed by atoms with E-state index < -0.39 is 0 Å². The molecule has 3 N–H and O–H groups in total. The van der Waals surface area contributed by atoms with Crippen molar-refractivity contribution >= 4 is 43.9 Å². The number of rotatable bonds is 2. The summed E-state index contributed by atoms with van der Waals surface area (Å²) >= 11 is 3.48. The van der Waals surface area contributed by atoms with E-state index in [9.17, 15) is 0 Å². The summed E-state index contributed by atoms with van der Waals surface area (Å²) in [5, 5.41) is 5.71. The number of aromatic nitrogens is 1. The fourth-order valence-corrected chi connectivity index (χ4v) is 2.37. The zero-order chi connectivity index (χ0) is 13.2. The topological polar surface area (TPSA) is 50.9 Å². The minimum atomic E-state index is 0.509. The smallest absolute Gasteiger partial charge is 0.125 e. The van der Waals surface area contributed by atoms with Gasteiger partial charge in [-0.1, -0.05) is 28.1 Å². The molecule has 0 unspecified atom stereocenters. The van der Waals surface area contributed by atoms with Crippen LogP contribution >= 0.6 is 15.9 Å². The van der Waals surface area contributed by atoms with Crippen LogP contribution in [0.15, 0.2) is 59.2 Å². The number of hydrogen-bond acceptors (Lipinski definition) is 3. The molecule has 0 amide bonds. The van der Waals surface area contributed by atoms with Crippen molar-refractivity contribution in [1.29, 1.82) is 0 Å². The van der Waals surface area contributed by atoms with Crippen molar-refractivity contribution < 1.29 is 0 Å². The summed E-state index contributed by atoms with van der Waals surface area (Å²) in [7, 11) is 0. The predicted octanol–water partition coefficient (Wildman–Crippen LogP) is 4.32. The molecule has 1 heterocycles. The zero-order valence-corrected chi connectivity index (χ0v) is 11.7. The van der Waals surface area contributed by atoms with Gasteiger partial charge in [0, 0.05) is 28.1 Å². The minimum Gasteiger partial charge on any atom is -0.384 e. The average molecular weight is 314 g/mol. The summed E-state index contributed by atoms with van der Waals surface area (Å²) in [4.78, 5) is 3.97. The number of halogens is 1. The molecule has 0 bridgehead atoms. The Labute approximate surface area is 119 Å². The number of fused-ring (bicyclic) bond motifs is 1. The van der Waals surface area contributed by atoms with Gasteiger partial charge >= 0.3 is 0 Å². The quantitative estimate of drug-likeness (QED) is 0.740. The summed E-state index contributed by atoms with van der Waals surface area (Å²) in [6.07, 6.45) is 1.69. The van der Waals surface area contributed by atoms with Crippen LogP contribution in [0, 0.1) is 0 Å². The first kappa shape index (κ1) is 12.0. The summed E-state index contributed by atoms with van der Waals surface area (Å²) < 4.78 is 1.09. The van der Waals surface area contributed by atoms with Crippen molar-refractivity contribution in [2.75, 3.05) is 11.1 Å². The van der Waals surface area contributed by atoms with Crippen LogP contribution in [0.4, 0.5) is 17.2 Å². The molecule has 19 heavy (non-hydrogen) atoms. The van der Waals surface area contributed by atoms with Crippen molar-refractivity contribution in [1.82, 2.24) is 4.98 Å². The first-order chi connectivity index (χ1) is 9.20. The van der Waals surface area contributed by atoms with E-state index in [-0.39, 0.29) is 0 Å². The van der Waals surface area contributed by atoms with Gasteiger partial charge < -0.3 is 11.1 Å². The van der Waals surface area contributed by atoms with Crippen LogP contribution in [-0.2, 0) is 0 Å². The van der Waals surface area contributed by atoms with Crippen molar-refractivity contribution in [3.63, 3.8) is 0 Å². The number of benzene rings is 2. The average Bonchev–Trinajstić information content (AvgIpc) is 2.39. The highest BCUT2D eigenvalue weighted by Gasteiger charge is 1.99. The summed E-state index contributed by atoms with van der Waals surface area (Å²) in [6.45, 7) is 0. The monoisotopic (exact) mass is 313 g/mol. The number of pyridine rings is 1. The molecule has 2 aromatic carbocycles. The SMILES string of the molecule is Nc1cc(Nc2ccc3cc(Br)ccc3c2)ccn1. The molecular weight excluding hydrogens is 302 g/mol. The molecule has 3 nitrogen and oxygen atoms in total. The first-order valence-electron chi connectivity index (χ1n) is 5.88. The number of anilines is 3. The second-order valence-corrected chi connectivity index (χ2v) is 5.22. The van der Waals surface area contributed by atoms with Gasteiger partial charge in [0.25, 0.3) is 0 Å². The second kappa shape index (κ2) is 4.90. The van der Waals surface area contributed by atoms with Gasteiger partial charge in [-0.05, 0) is 41.1 Å². The molecule has 0 saturated carbocycles. The van der Waals surface area contributed by atoms with Crippen molar-refractivity contribution in [2.24, 2.45) is 0 Å².